The molecule has 0 spiro atoms. The Morgan fingerprint density at radius 3 is 2.92 bits per heavy atom. The third-order valence-corrected chi connectivity index (χ3v) is 2.41. The van der Waals surface area contributed by atoms with E-state index in [2.05, 4.69) is 4.98 Å². The zero-order valence-electron chi connectivity index (χ0n) is 7.05. The normalized spacial score (nSPS) is 10.9. The van der Waals surface area contributed by atoms with Crippen molar-refractivity contribution in [1.82, 2.24) is 4.98 Å². The van der Waals surface area contributed by atoms with Gasteiger partial charge in [0, 0.05) is 22.5 Å². The number of hydrogen-bond acceptors (Lipinski definition) is 1. The smallest absolute Gasteiger partial charge is 0.0831 e. The van der Waals surface area contributed by atoms with Crippen molar-refractivity contribution in [1.29, 1.82) is 0 Å². The van der Waals surface area contributed by atoms with Crippen LogP contribution in [0.4, 0.5) is 0 Å². The Morgan fingerprint density at radius 1 is 1.38 bits per heavy atom. The van der Waals surface area contributed by atoms with E-state index in [1.165, 1.54) is 0 Å². The summed E-state index contributed by atoms with van der Waals surface area (Å²) in [6.45, 7) is 0.0381. The topological polar surface area (TPSA) is 36.0 Å². The molecule has 0 aliphatic carbocycles. The van der Waals surface area contributed by atoms with Gasteiger partial charge in [-0.05, 0) is 17.7 Å². The van der Waals surface area contributed by atoms with E-state index in [9.17, 15) is 0 Å². The van der Waals surface area contributed by atoms with Crippen molar-refractivity contribution in [2.75, 3.05) is 0 Å². The first-order valence-electron chi connectivity index (χ1n) is 4.11. The van der Waals surface area contributed by atoms with Gasteiger partial charge in [0.15, 0.2) is 0 Å². The lowest BCUT2D eigenvalue weighted by Gasteiger charge is -1.95. The van der Waals surface area contributed by atoms with Crippen LogP contribution < -0.4 is 0 Å². The van der Waals surface area contributed by atoms with Crippen molar-refractivity contribution in [2.24, 2.45) is 0 Å². The van der Waals surface area contributed by atoms with E-state index in [-0.39, 0.29) is 6.61 Å². The van der Waals surface area contributed by atoms with Crippen LogP contribution in [-0.2, 0) is 12.5 Å². The van der Waals surface area contributed by atoms with Gasteiger partial charge < -0.3 is 10.1 Å². The van der Waals surface area contributed by atoms with Crippen LogP contribution >= 0.6 is 11.6 Å². The predicted octanol–water partition coefficient (Wildman–Crippen LogP) is 2.40. The molecular weight excluding hydrogens is 186 g/mol. The number of aromatic nitrogens is 1. The number of nitrogens with one attached hydrogen (secondary N) is 1. The second-order valence-corrected chi connectivity index (χ2v) is 3.23. The molecule has 1 heterocycles. The largest absolute Gasteiger partial charge is 0.390 e. The maximum atomic E-state index is 8.94. The molecule has 0 saturated heterocycles. The highest BCUT2D eigenvalue weighted by Gasteiger charge is 2.03. The van der Waals surface area contributed by atoms with Gasteiger partial charge in [0.2, 0.25) is 0 Å². The van der Waals surface area contributed by atoms with Crippen LogP contribution in [-0.4, -0.2) is 10.1 Å². The van der Waals surface area contributed by atoms with Crippen LogP contribution in [0.5, 0.6) is 0 Å². The molecule has 2 N–H and O–H groups in total. The average molecular weight is 196 g/mol. The molecule has 1 aromatic carbocycles. The molecule has 2 aromatic rings. The predicted molar refractivity (Wildman–Crippen MR) is 53.8 cm³/mol. The van der Waals surface area contributed by atoms with Gasteiger partial charge >= 0.3 is 0 Å². The van der Waals surface area contributed by atoms with E-state index in [1.807, 2.05) is 24.3 Å². The highest BCUT2D eigenvalue weighted by atomic mass is 35.5. The van der Waals surface area contributed by atoms with Crippen molar-refractivity contribution in [2.45, 2.75) is 12.5 Å². The number of halogens is 1. The molecule has 0 bridgehead atoms. The van der Waals surface area contributed by atoms with E-state index in [1.54, 1.807) is 0 Å². The molecule has 0 atom stereocenters. The number of H-pyrrole nitrogens is 1. The van der Waals surface area contributed by atoms with Crippen molar-refractivity contribution in [3.8, 4) is 0 Å². The molecule has 3 heteroatoms. The van der Waals surface area contributed by atoms with Crippen LogP contribution in [0.15, 0.2) is 24.3 Å². The van der Waals surface area contributed by atoms with Crippen LogP contribution in [0.3, 0.4) is 0 Å². The lowest BCUT2D eigenvalue weighted by atomic mass is 10.1. The van der Waals surface area contributed by atoms with Crippen molar-refractivity contribution < 1.29 is 5.11 Å². The molecule has 1 aromatic heterocycles. The number of aliphatic hydroxyl groups is 1. The number of fused-ring (bicyclic) bond motifs is 1. The number of rotatable bonds is 2. The minimum Gasteiger partial charge on any atom is -0.390 e. The monoisotopic (exact) mass is 195 g/mol. The minimum absolute atomic E-state index is 0.0381. The van der Waals surface area contributed by atoms with Gasteiger partial charge in [-0.15, -0.1) is 11.6 Å². The Kier molecular flexibility index (Phi) is 2.25. The van der Waals surface area contributed by atoms with Gasteiger partial charge in [0.1, 0.15) is 0 Å². The van der Waals surface area contributed by atoms with E-state index in [0.29, 0.717) is 5.88 Å². The molecular formula is C10H10ClNO. The van der Waals surface area contributed by atoms with Gasteiger partial charge in [0.25, 0.3) is 0 Å². The van der Waals surface area contributed by atoms with Crippen molar-refractivity contribution in [3.05, 3.63) is 35.5 Å². The summed E-state index contributed by atoms with van der Waals surface area (Å²) in [5, 5.41) is 10.0. The molecule has 0 radical (unpaired) electrons. The van der Waals surface area contributed by atoms with Crippen LogP contribution in [0, 0.1) is 0 Å². The maximum Gasteiger partial charge on any atom is 0.0831 e. The van der Waals surface area contributed by atoms with E-state index in [0.717, 1.165) is 22.2 Å². The maximum absolute atomic E-state index is 8.94. The summed E-state index contributed by atoms with van der Waals surface area (Å²) in [7, 11) is 0. The number of benzene rings is 1. The standard InChI is InChI=1S/C10H10ClNO/c11-5-7-2-1-3-10-9(7)4-8(6-13)12-10/h1-4,12-13H,5-6H2. The summed E-state index contributed by atoms with van der Waals surface area (Å²) < 4.78 is 0. The Labute approximate surface area is 81.1 Å². The third kappa shape index (κ3) is 1.43. The first-order chi connectivity index (χ1) is 6.35. The highest BCUT2D eigenvalue weighted by molar-refractivity contribution is 6.18. The Morgan fingerprint density at radius 2 is 2.23 bits per heavy atom. The molecule has 0 unspecified atom stereocenters. The number of alkyl halides is 1. The Bertz CT molecular complexity index is 422. The van der Waals surface area contributed by atoms with E-state index >= 15 is 0 Å². The summed E-state index contributed by atoms with van der Waals surface area (Å²) >= 11 is 5.78. The highest BCUT2D eigenvalue weighted by Crippen LogP contribution is 2.21. The summed E-state index contributed by atoms with van der Waals surface area (Å²) in [5.41, 5.74) is 2.95. The molecule has 68 valence electrons. The zero-order valence-corrected chi connectivity index (χ0v) is 7.80. The third-order valence-electron chi connectivity index (χ3n) is 2.12. The number of aromatic amines is 1. The molecule has 0 aliphatic rings. The van der Waals surface area contributed by atoms with Crippen molar-refractivity contribution >= 4 is 22.5 Å². The lowest BCUT2D eigenvalue weighted by molar-refractivity contribution is 0.278. The number of hydrogen-bond donors (Lipinski definition) is 2. The minimum atomic E-state index is 0.0381. The van der Waals surface area contributed by atoms with Gasteiger partial charge in [-0.25, -0.2) is 0 Å². The molecule has 0 saturated carbocycles. The van der Waals surface area contributed by atoms with Crippen LogP contribution in [0.1, 0.15) is 11.3 Å². The molecule has 13 heavy (non-hydrogen) atoms. The fourth-order valence-electron chi connectivity index (χ4n) is 1.48. The van der Waals surface area contributed by atoms with Crippen LogP contribution in [0.2, 0.25) is 0 Å². The summed E-state index contributed by atoms with van der Waals surface area (Å²) in [5.74, 6) is 0.500. The molecule has 2 nitrogen and oxygen atoms in total. The first-order valence-corrected chi connectivity index (χ1v) is 4.65. The fraction of sp³-hybridized carbons (Fsp3) is 0.200. The van der Waals surface area contributed by atoms with E-state index < -0.39 is 0 Å². The average Bonchev–Trinajstić information content (AvgIpc) is 2.59. The zero-order chi connectivity index (χ0) is 9.26. The summed E-state index contributed by atoms with van der Waals surface area (Å²) in [4.78, 5) is 3.11. The molecule has 0 aliphatic heterocycles. The SMILES string of the molecule is OCc1cc2c(CCl)cccc2[nH]1. The molecule has 2 rings (SSSR count). The van der Waals surface area contributed by atoms with Crippen molar-refractivity contribution in [3.63, 3.8) is 0 Å². The number of aliphatic hydroxyl groups excluding tert-OH is 1. The van der Waals surface area contributed by atoms with Gasteiger partial charge in [-0.2, -0.15) is 0 Å². The second-order valence-electron chi connectivity index (χ2n) is 2.96. The molecule has 0 amide bonds. The quantitative estimate of drug-likeness (QED) is 0.710. The van der Waals surface area contributed by atoms with Gasteiger partial charge in [0.05, 0.1) is 6.61 Å². The first kappa shape index (κ1) is 8.60. The molecule has 0 fully saturated rings. The van der Waals surface area contributed by atoms with Gasteiger partial charge in [-0.3, -0.25) is 0 Å². The Hall–Kier alpha value is -0.990. The lowest BCUT2D eigenvalue weighted by Crippen LogP contribution is -1.78. The summed E-state index contributed by atoms with van der Waals surface area (Å²) in [6.07, 6.45) is 0. The van der Waals surface area contributed by atoms with E-state index in [4.69, 9.17) is 16.7 Å². The van der Waals surface area contributed by atoms with Gasteiger partial charge in [-0.1, -0.05) is 12.1 Å². The fourth-order valence-corrected chi connectivity index (χ4v) is 1.71. The Balaban J connectivity index is 2.67. The van der Waals surface area contributed by atoms with Crippen LogP contribution in [0.25, 0.3) is 10.9 Å². The summed E-state index contributed by atoms with van der Waals surface area (Å²) in [6, 6.07) is 7.86. The second kappa shape index (κ2) is 3.40.